The van der Waals surface area contributed by atoms with Gasteiger partial charge in [0, 0.05) is 29.0 Å². The fourth-order valence-electron chi connectivity index (χ4n) is 2.82. The highest BCUT2D eigenvalue weighted by Gasteiger charge is 2.10. The molecule has 2 heterocycles. The van der Waals surface area contributed by atoms with Gasteiger partial charge in [0.2, 0.25) is 0 Å². The number of benzene rings is 2. The SMILES string of the molecule is N#Cc1ccc(Nc2cc(C(=O)Nc3cccc4cccnc34)ccn2)cc1. The summed E-state index contributed by atoms with van der Waals surface area (Å²) >= 11 is 0. The predicted octanol–water partition coefficient (Wildman–Crippen LogP) is 4.50. The van der Waals surface area contributed by atoms with Crippen molar-refractivity contribution >= 4 is 34.0 Å². The molecule has 0 atom stereocenters. The van der Waals surface area contributed by atoms with E-state index in [1.165, 1.54) is 0 Å². The highest BCUT2D eigenvalue weighted by Crippen LogP contribution is 2.22. The Bertz CT molecular complexity index is 1190. The average Bonchev–Trinajstić information content (AvgIpc) is 2.75. The van der Waals surface area contributed by atoms with Crippen LogP contribution < -0.4 is 10.6 Å². The van der Waals surface area contributed by atoms with E-state index >= 15 is 0 Å². The van der Waals surface area contributed by atoms with Crippen molar-refractivity contribution < 1.29 is 4.79 Å². The van der Waals surface area contributed by atoms with Gasteiger partial charge in [-0.15, -0.1) is 0 Å². The molecule has 0 radical (unpaired) electrons. The molecule has 0 spiro atoms. The van der Waals surface area contributed by atoms with Crippen molar-refractivity contribution in [2.45, 2.75) is 0 Å². The minimum atomic E-state index is -0.247. The number of carbonyl (C=O) groups excluding carboxylic acids is 1. The quantitative estimate of drug-likeness (QED) is 0.556. The van der Waals surface area contributed by atoms with Gasteiger partial charge in [0.25, 0.3) is 5.91 Å². The minimum Gasteiger partial charge on any atom is -0.340 e. The topological polar surface area (TPSA) is 90.7 Å². The molecule has 0 fully saturated rings. The molecular formula is C22H15N5O. The first kappa shape index (κ1) is 17.2. The first-order valence-electron chi connectivity index (χ1n) is 8.61. The van der Waals surface area contributed by atoms with Crippen LogP contribution in [0.3, 0.4) is 0 Å². The van der Waals surface area contributed by atoms with Crippen LogP contribution in [-0.2, 0) is 0 Å². The zero-order chi connectivity index (χ0) is 19.3. The van der Waals surface area contributed by atoms with Crippen molar-refractivity contribution in [2.24, 2.45) is 0 Å². The molecule has 4 aromatic rings. The maximum atomic E-state index is 12.7. The number of para-hydroxylation sites is 1. The summed E-state index contributed by atoms with van der Waals surface area (Å²) in [6.45, 7) is 0. The normalized spacial score (nSPS) is 10.2. The standard InChI is InChI=1S/C22H15N5O/c23-14-15-6-8-18(9-7-15)26-20-13-17(10-12-24-20)22(28)27-19-5-1-3-16-4-2-11-25-21(16)19/h1-13H,(H,24,26)(H,27,28). The molecule has 6 nitrogen and oxygen atoms in total. The van der Waals surface area contributed by atoms with Crippen LogP contribution >= 0.6 is 0 Å². The Kier molecular flexibility index (Phi) is 4.64. The molecule has 2 aromatic heterocycles. The molecule has 0 unspecified atom stereocenters. The van der Waals surface area contributed by atoms with E-state index in [2.05, 4.69) is 26.7 Å². The third kappa shape index (κ3) is 3.64. The van der Waals surface area contributed by atoms with Crippen LogP contribution in [0.15, 0.2) is 79.1 Å². The van der Waals surface area contributed by atoms with Crippen LogP contribution in [0.2, 0.25) is 0 Å². The molecule has 0 bridgehead atoms. The Balaban J connectivity index is 1.55. The highest BCUT2D eigenvalue weighted by molar-refractivity contribution is 6.08. The van der Waals surface area contributed by atoms with Crippen molar-refractivity contribution in [3.63, 3.8) is 0 Å². The summed E-state index contributed by atoms with van der Waals surface area (Å²) in [5.41, 5.74) is 3.22. The number of nitriles is 1. The first-order chi connectivity index (χ1) is 13.7. The summed E-state index contributed by atoms with van der Waals surface area (Å²) in [6, 6.07) is 21.9. The summed E-state index contributed by atoms with van der Waals surface area (Å²) < 4.78 is 0. The van der Waals surface area contributed by atoms with E-state index in [0.29, 0.717) is 22.6 Å². The molecule has 1 amide bonds. The van der Waals surface area contributed by atoms with Crippen molar-refractivity contribution in [3.8, 4) is 6.07 Å². The van der Waals surface area contributed by atoms with E-state index in [1.54, 1.807) is 48.8 Å². The number of anilines is 3. The smallest absolute Gasteiger partial charge is 0.255 e. The third-order valence-corrected chi connectivity index (χ3v) is 4.19. The van der Waals surface area contributed by atoms with E-state index < -0.39 is 0 Å². The van der Waals surface area contributed by atoms with Crippen molar-refractivity contribution in [2.75, 3.05) is 10.6 Å². The third-order valence-electron chi connectivity index (χ3n) is 4.19. The Morgan fingerprint density at radius 1 is 0.929 bits per heavy atom. The van der Waals surface area contributed by atoms with E-state index in [-0.39, 0.29) is 5.91 Å². The zero-order valence-corrected chi connectivity index (χ0v) is 14.8. The van der Waals surface area contributed by atoms with E-state index in [0.717, 1.165) is 16.6 Å². The number of nitrogens with one attached hydrogen (secondary N) is 2. The van der Waals surface area contributed by atoms with Gasteiger partial charge in [-0.1, -0.05) is 18.2 Å². The number of rotatable bonds is 4. The predicted molar refractivity (Wildman–Crippen MR) is 108 cm³/mol. The Labute approximate surface area is 161 Å². The number of hydrogen-bond acceptors (Lipinski definition) is 5. The summed E-state index contributed by atoms with van der Waals surface area (Å²) in [7, 11) is 0. The molecule has 2 aromatic carbocycles. The van der Waals surface area contributed by atoms with Gasteiger partial charge in [0.05, 0.1) is 22.8 Å². The summed E-state index contributed by atoms with van der Waals surface area (Å²) in [6.07, 6.45) is 3.27. The number of carbonyl (C=O) groups is 1. The number of fused-ring (bicyclic) bond motifs is 1. The van der Waals surface area contributed by atoms with Gasteiger partial charge in [-0.05, 0) is 48.5 Å². The highest BCUT2D eigenvalue weighted by atomic mass is 16.1. The molecule has 0 aliphatic heterocycles. The number of nitrogens with zero attached hydrogens (tertiary/aromatic N) is 3. The van der Waals surface area contributed by atoms with Gasteiger partial charge < -0.3 is 10.6 Å². The lowest BCUT2D eigenvalue weighted by Gasteiger charge is -2.10. The summed E-state index contributed by atoms with van der Waals surface area (Å²) in [4.78, 5) is 21.3. The lowest BCUT2D eigenvalue weighted by atomic mass is 10.1. The van der Waals surface area contributed by atoms with E-state index in [4.69, 9.17) is 5.26 Å². The second-order valence-corrected chi connectivity index (χ2v) is 6.08. The van der Waals surface area contributed by atoms with Crippen molar-refractivity contribution in [1.82, 2.24) is 9.97 Å². The maximum absolute atomic E-state index is 12.7. The molecule has 4 rings (SSSR count). The molecular weight excluding hydrogens is 350 g/mol. The fourth-order valence-corrected chi connectivity index (χ4v) is 2.82. The minimum absolute atomic E-state index is 0.247. The molecule has 2 N–H and O–H groups in total. The molecule has 0 aliphatic rings. The van der Waals surface area contributed by atoms with Crippen LogP contribution in [0.4, 0.5) is 17.2 Å². The first-order valence-corrected chi connectivity index (χ1v) is 8.61. The van der Waals surface area contributed by atoms with Crippen molar-refractivity contribution in [3.05, 3.63) is 90.3 Å². The number of aromatic nitrogens is 2. The van der Waals surface area contributed by atoms with Gasteiger partial charge in [0.1, 0.15) is 5.82 Å². The molecule has 0 saturated carbocycles. The van der Waals surface area contributed by atoms with Gasteiger partial charge in [-0.25, -0.2) is 4.98 Å². The number of pyridine rings is 2. The summed E-state index contributed by atoms with van der Waals surface area (Å²) in [5, 5.41) is 15.9. The molecule has 28 heavy (non-hydrogen) atoms. The van der Waals surface area contributed by atoms with Gasteiger partial charge in [-0.3, -0.25) is 9.78 Å². The van der Waals surface area contributed by atoms with Gasteiger partial charge >= 0.3 is 0 Å². The second kappa shape index (κ2) is 7.56. The van der Waals surface area contributed by atoms with Crippen LogP contribution in [0.25, 0.3) is 10.9 Å². The number of amides is 1. The Morgan fingerprint density at radius 2 is 1.75 bits per heavy atom. The molecule has 0 saturated heterocycles. The van der Waals surface area contributed by atoms with Crippen LogP contribution in [-0.4, -0.2) is 15.9 Å². The van der Waals surface area contributed by atoms with E-state index in [1.807, 2.05) is 30.3 Å². The largest absolute Gasteiger partial charge is 0.340 e. The Hall–Kier alpha value is -4.24. The summed E-state index contributed by atoms with van der Waals surface area (Å²) in [5.74, 6) is 0.289. The Morgan fingerprint density at radius 3 is 2.57 bits per heavy atom. The second-order valence-electron chi connectivity index (χ2n) is 6.08. The van der Waals surface area contributed by atoms with Crippen LogP contribution in [0, 0.1) is 11.3 Å². The number of hydrogen-bond donors (Lipinski definition) is 2. The molecule has 0 aliphatic carbocycles. The average molecular weight is 365 g/mol. The fraction of sp³-hybridized carbons (Fsp3) is 0. The van der Waals surface area contributed by atoms with Crippen LogP contribution in [0.5, 0.6) is 0 Å². The van der Waals surface area contributed by atoms with Crippen molar-refractivity contribution in [1.29, 1.82) is 5.26 Å². The van der Waals surface area contributed by atoms with Gasteiger partial charge in [0.15, 0.2) is 0 Å². The van der Waals surface area contributed by atoms with Crippen LogP contribution in [0.1, 0.15) is 15.9 Å². The lowest BCUT2D eigenvalue weighted by Crippen LogP contribution is -2.13. The lowest BCUT2D eigenvalue weighted by molar-refractivity contribution is 0.102. The maximum Gasteiger partial charge on any atom is 0.255 e. The zero-order valence-electron chi connectivity index (χ0n) is 14.8. The van der Waals surface area contributed by atoms with E-state index in [9.17, 15) is 4.79 Å². The monoisotopic (exact) mass is 365 g/mol. The molecule has 134 valence electrons. The van der Waals surface area contributed by atoms with Gasteiger partial charge in [-0.2, -0.15) is 5.26 Å². The molecule has 6 heteroatoms.